The standard InChI is InChI=1S/C24H23N5O3/c1-14(2)12-27-22(31)17-9-5-7-11-19(17)29-23(27)26-28(24(29)32)13-20(30)21-15(3)25-18-10-6-4-8-16(18)21/h4-11,14,25H,12-13H2,1-3H3. The van der Waals surface area contributed by atoms with Crippen LogP contribution in [0.1, 0.15) is 29.9 Å². The van der Waals surface area contributed by atoms with Gasteiger partial charge in [0, 0.05) is 28.7 Å². The van der Waals surface area contributed by atoms with Gasteiger partial charge in [0.2, 0.25) is 5.78 Å². The zero-order valence-electron chi connectivity index (χ0n) is 18.1. The molecule has 0 aliphatic carbocycles. The minimum absolute atomic E-state index is 0.174. The van der Waals surface area contributed by atoms with E-state index in [9.17, 15) is 14.4 Å². The number of Topliss-reactive ketones (excluding diaryl/α,β-unsaturated/α-hetero) is 1. The van der Waals surface area contributed by atoms with Crippen molar-refractivity contribution in [3.63, 3.8) is 0 Å². The highest BCUT2D eigenvalue weighted by Crippen LogP contribution is 2.22. The molecule has 0 saturated carbocycles. The van der Waals surface area contributed by atoms with Crippen molar-refractivity contribution < 1.29 is 4.79 Å². The van der Waals surface area contributed by atoms with E-state index in [-0.39, 0.29) is 29.6 Å². The van der Waals surface area contributed by atoms with Crippen LogP contribution in [0, 0.1) is 12.8 Å². The predicted octanol–water partition coefficient (Wildman–Crippen LogP) is 3.14. The highest BCUT2D eigenvalue weighted by atomic mass is 16.2. The molecule has 1 N–H and O–H groups in total. The molecule has 3 heterocycles. The number of ketones is 1. The van der Waals surface area contributed by atoms with Crippen LogP contribution >= 0.6 is 0 Å². The van der Waals surface area contributed by atoms with E-state index in [2.05, 4.69) is 10.1 Å². The quantitative estimate of drug-likeness (QED) is 0.434. The van der Waals surface area contributed by atoms with E-state index in [4.69, 9.17) is 0 Å². The van der Waals surface area contributed by atoms with Crippen LogP contribution in [0.2, 0.25) is 0 Å². The zero-order chi connectivity index (χ0) is 22.6. The number of aryl methyl sites for hydroxylation is 1. The van der Waals surface area contributed by atoms with Gasteiger partial charge in [0.15, 0.2) is 5.78 Å². The number of benzene rings is 2. The van der Waals surface area contributed by atoms with Gasteiger partial charge in [-0.1, -0.05) is 44.2 Å². The minimum atomic E-state index is -0.445. The maximum absolute atomic E-state index is 13.3. The Morgan fingerprint density at radius 3 is 2.47 bits per heavy atom. The van der Waals surface area contributed by atoms with Crippen LogP contribution in [0.25, 0.3) is 27.6 Å². The molecule has 0 spiro atoms. The number of fused-ring (bicyclic) bond motifs is 4. The van der Waals surface area contributed by atoms with Crippen molar-refractivity contribution in [3.8, 4) is 0 Å². The number of para-hydroxylation sites is 2. The van der Waals surface area contributed by atoms with Crippen molar-refractivity contribution in [1.29, 1.82) is 0 Å². The molecule has 0 aliphatic rings. The second-order valence-electron chi connectivity index (χ2n) is 8.50. The van der Waals surface area contributed by atoms with Crippen molar-refractivity contribution in [2.75, 3.05) is 0 Å². The number of hydrogen-bond acceptors (Lipinski definition) is 4. The van der Waals surface area contributed by atoms with Gasteiger partial charge in [-0.2, -0.15) is 0 Å². The van der Waals surface area contributed by atoms with Gasteiger partial charge in [0.1, 0.15) is 6.54 Å². The molecule has 0 fully saturated rings. The van der Waals surface area contributed by atoms with E-state index in [0.717, 1.165) is 21.3 Å². The van der Waals surface area contributed by atoms with E-state index >= 15 is 0 Å². The summed E-state index contributed by atoms with van der Waals surface area (Å²) in [5.41, 5.74) is 2.01. The van der Waals surface area contributed by atoms with Crippen LogP contribution in [-0.2, 0) is 13.1 Å². The molecule has 0 aliphatic heterocycles. The molecule has 0 radical (unpaired) electrons. The summed E-state index contributed by atoms with van der Waals surface area (Å²) in [7, 11) is 0. The van der Waals surface area contributed by atoms with Crippen molar-refractivity contribution in [3.05, 3.63) is 80.6 Å². The molecule has 32 heavy (non-hydrogen) atoms. The van der Waals surface area contributed by atoms with Crippen molar-refractivity contribution in [2.24, 2.45) is 5.92 Å². The number of aromatic amines is 1. The van der Waals surface area contributed by atoms with Crippen LogP contribution < -0.4 is 11.2 Å². The van der Waals surface area contributed by atoms with Crippen LogP contribution in [0.3, 0.4) is 0 Å². The number of nitrogens with one attached hydrogen (secondary N) is 1. The van der Waals surface area contributed by atoms with E-state index in [1.807, 2.05) is 45.0 Å². The van der Waals surface area contributed by atoms with Crippen LogP contribution in [-0.4, -0.2) is 29.5 Å². The smallest absolute Gasteiger partial charge is 0.352 e. The van der Waals surface area contributed by atoms with E-state index in [1.165, 1.54) is 8.97 Å². The van der Waals surface area contributed by atoms with Crippen molar-refractivity contribution >= 4 is 33.4 Å². The molecule has 8 heteroatoms. The summed E-state index contributed by atoms with van der Waals surface area (Å²) in [6, 6.07) is 14.5. The lowest BCUT2D eigenvalue weighted by Crippen LogP contribution is -2.28. The lowest BCUT2D eigenvalue weighted by atomic mass is 10.1. The minimum Gasteiger partial charge on any atom is -0.358 e. The Hall–Kier alpha value is -3.94. The SMILES string of the molecule is Cc1[nH]c2ccccc2c1C(=O)Cn1nc2n(CC(C)C)c(=O)c3ccccc3n2c1=O. The highest BCUT2D eigenvalue weighted by Gasteiger charge is 2.21. The van der Waals surface area contributed by atoms with E-state index < -0.39 is 5.69 Å². The highest BCUT2D eigenvalue weighted by molar-refractivity contribution is 6.09. The van der Waals surface area contributed by atoms with Gasteiger partial charge in [-0.3, -0.25) is 14.2 Å². The first-order valence-electron chi connectivity index (χ1n) is 10.6. The average Bonchev–Trinajstić information content (AvgIpc) is 3.27. The number of nitrogens with zero attached hydrogens (tertiary/aromatic N) is 4. The third-order valence-electron chi connectivity index (χ3n) is 5.70. The summed E-state index contributed by atoms with van der Waals surface area (Å²) >= 11 is 0. The molecule has 5 rings (SSSR count). The van der Waals surface area contributed by atoms with Gasteiger partial charge >= 0.3 is 5.69 Å². The van der Waals surface area contributed by atoms with Crippen LogP contribution in [0.15, 0.2) is 58.1 Å². The second-order valence-corrected chi connectivity index (χ2v) is 8.50. The molecule has 0 atom stereocenters. The topological polar surface area (TPSA) is 94.2 Å². The lowest BCUT2D eigenvalue weighted by molar-refractivity contribution is 0.0967. The van der Waals surface area contributed by atoms with Gasteiger partial charge in [-0.05, 0) is 31.0 Å². The summed E-state index contributed by atoms with van der Waals surface area (Å²) in [4.78, 5) is 42.9. The van der Waals surface area contributed by atoms with Crippen molar-refractivity contribution in [1.82, 2.24) is 23.7 Å². The number of carbonyl (C=O) groups is 1. The Morgan fingerprint density at radius 2 is 1.72 bits per heavy atom. The van der Waals surface area contributed by atoms with E-state index in [0.29, 0.717) is 23.0 Å². The van der Waals surface area contributed by atoms with Gasteiger partial charge in [0.05, 0.1) is 10.9 Å². The first-order chi connectivity index (χ1) is 15.4. The molecule has 0 unspecified atom stereocenters. The second kappa shape index (κ2) is 7.33. The molecular formula is C24H23N5O3. The fraction of sp³-hybridized carbons (Fsp3) is 0.250. The maximum atomic E-state index is 13.3. The molecule has 2 aromatic carbocycles. The number of H-pyrrole nitrogens is 1. The third-order valence-corrected chi connectivity index (χ3v) is 5.70. The summed E-state index contributed by atoms with van der Waals surface area (Å²) in [6.07, 6.45) is 0. The van der Waals surface area contributed by atoms with Gasteiger partial charge in [-0.25, -0.2) is 13.9 Å². The summed E-state index contributed by atoms with van der Waals surface area (Å²) in [5.74, 6) is 0.205. The predicted molar refractivity (Wildman–Crippen MR) is 123 cm³/mol. The Bertz CT molecular complexity index is 1630. The fourth-order valence-electron chi connectivity index (χ4n) is 4.35. The molecule has 3 aromatic heterocycles. The molecular weight excluding hydrogens is 406 g/mol. The summed E-state index contributed by atoms with van der Waals surface area (Å²) < 4.78 is 4.10. The maximum Gasteiger partial charge on any atom is 0.352 e. The first kappa shape index (κ1) is 20.0. The Morgan fingerprint density at radius 1 is 1.03 bits per heavy atom. The van der Waals surface area contributed by atoms with Gasteiger partial charge in [-0.15, -0.1) is 5.10 Å². The summed E-state index contributed by atoms with van der Waals surface area (Å²) in [6.45, 7) is 6.03. The number of rotatable bonds is 5. The van der Waals surface area contributed by atoms with Crippen molar-refractivity contribution in [2.45, 2.75) is 33.9 Å². The fourth-order valence-corrected chi connectivity index (χ4v) is 4.35. The number of aromatic nitrogens is 5. The Balaban J connectivity index is 1.70. The molecule has 0 bridgehead atoms. The molecule has 0 amide bonds. The van der Waals surface area contributed by atoms with E-state index in [1.54, 1.807) is 24.3 Å². The largest absolute Gasteiger partial charge is 0.358 e. The lowest BCUT2D eigenvalue weighted by Gasteiger charge is -2.11. The molecule has 162 valence electrons. The average molecular weight is 429 g/mol. The van der Waals surface area contributed by atoms with Gasteiger partial charge < -0.3 is 4.98 Å². The monoisotopic (exact) mass is 429 g/mol. The third kappa shape index (κ3) is 2.98. The molecule has 8 nitrogen and oxygen atoms in total. The zero-order valence-corrected chi connectivity index (χ0v) is 18.1. The first-order valence-corrected chi connectivity index (χ1v) is 10.6. The Kier molecular flexibility index (Phi) is 4.58. The Labute approximate surface area is 182 Å². The number of hydrogen-bond donors (Lipinski definition) is 1. The van der Waals surface area contributed by atoms with Gasteiger partial charge in [0.25, 0.3) is 5.56 Å². The molecule has 0 saturated heterocycles. The van der Waals surface area contributed by atoms with Crippen LogP contribution in [0.4, 0.5) is 0 Å². The number of carbonyl (C=O) groups excluding carboxylic acids is 1. The van der Waals surface area contributed by atoms with Crippen LogP contribution in [0.5, 0.6) is 0 Å². The molecule has 5 aromatic rings. The normalized spacial score (nSPS) is 11.9. The summed E-state index contributed by atoms with van der Waals surface area (Å²) in [5, 5.41) is 5.69.